The summed E-state index contributed by atoms with van der Waals surface area (Å²) in [6.07, 6.45) is 8.33. The Labute approximate surface area is 109 Å². The maximum Gasteiger partial charge on any atom is 0.338 e. The topological polar surface area (TPSA) is 36.1 Å². The number of carbonyl (C=O) groups is 1. The summed E-state index contributed by atoms with van der Waals surface area (Å²) in [6, 6.07) is 9.72. The Morgan fingerprint density at radius 2 is 2.00 bits per heavy atom. The van der Waals surface area contributed by atoms with Crippen LogP contribution in [0.1, 0.15) is 10.4 Å². The van der Waals surface area contributed by atoms with Gasteiger partial charge < -0.3 is 0 Å². The van der Waals surface area contributed by atoms with Gasteiger partial charge in [0.1, 0.15) is 12.4 Å². The first-order chi connectivity index (χ1) is 8.36. The van der Waals surface area contributed by atoms with Crippen LogP contribution in [0.15, 0.2) is 55.1 Å². The molecular formula is C13H14N2OSe. The standard InChI is InChI=1S/C12H10N2O.CH4Se/c15-12(14-9-8-13-10-14)7-6-11-4-2-1-3-5-11;1-2/h1-10H;2H,1H3/b7-6+;. The van der Waals surface area contributed by atoms with E-state index in [1.54, 1.807) is 30.9 Å². The van der Waals surface area contributed by atoms with Crippen LogP contribution < -0.4 is 4.98 Å². The molecule has 0 saturated carbocycles. The summed E-state index contributed by atoms with van der Waals surface area (Å²) >= 11 is 2.62. The quantitative estimate of drug-likeness (QED) is 0.615. The third kappa shape index (κ3) is 4.39. The number of carbonyl (C=O) groups excluding carboxylic acids is 1. The number of benzene rings is 1. The molecule has 1 aromatic carbocycles. The number of hydrogen-bond donors (Lipinski definition) is 0. The molecule has 17 heavy (non-hydrogen) atoms. The number of hydrogen-bond acceptors (Lipinski definition) is 1. The Morgan fingerprint density at radius 1 is 1.29 bits per heavy atom. The van der Waals surface area contributed by atoms with Crippen molar-refractivity contribution >= 4 is 28.0 Å². The van der Waals surface area contributed by atoms with Crippen molar-refractivity contribution in [2.24, 2.45) is 0 Å². The summed E-state index contributed by atoms with van der Waals surface area (Å²) in [5, 5.41) is 0. The Balaban J connectivity index is 0.000000686. The van der Waals surface area contributed by atoms with Crippen molar-refractivity contribution in [3.8, 4) is 0 Å². The van der Waals surface area contributed by atoms with Gasteiger partial charge in [-0.15, -0.1) is 0 Å². The number of aromatic nitrogens is 2. The van der Waals surface area contributed by atoms with Crippen LogP contribution in [0, 0.1) is 0 Å². The molecule has 0 aliphatic carbocycles. The molecule has 2 aromatic rings. The zero-order valence-corrected chi connectivity index (χ0v) is 11.3. The summed E-state index contributed by atoms with van der Waals surface area (Å²) in [7, 11) is 0. The summed E-state index contributed by atoms with van der Waals surface area (Å²) < 4.78 is 1.49. The fourth-order valence-electron chi connectivity index (χ4n) is 1.24. The van der Waals surface area contributed by atoms with Gasteiger partial charge in [0, 0.05) is 6.08 Å². The summed E-state index contributed by atoms with van der Waals surface area (Å²) in [5.74, 6) is 1.81. The number of imidazole rings is 1. The van der Waals surface area contributed by atoms with Crippen molar-refractivity contribution in [3.05, 3.63) is 60.7 Å². The van der Waals surface area contributed by atoms with Crippen molar-refractivity contribution in [1.29, 1.82) is 0 Å². The van der Waals surface area contributed by atoms with E-state index in [0.29, 0.717) is 0 Å². The van der Waals surface area contributed by atoms with Crippen LogP contribution in [0.25, 0.3) is 6.08 Å². The number of allylic oxidation sites excluding steroid dienone is 1. The van der Waals surface area contributed by atoms with Gasteiger partial charge in [-0.1, -0.05) is 30.3 Å². The van der Waals surface area contributed by atoms with Gasteiger partial charge in [0.15, 0.2) is 0 Å². The molecule has 1 aromatic heterocycles. The van der Waals surface area contributed by atoms with Crippen molar-refractivity contribution < 1.29 is 9.78 Å². The number of H-pyrrole nitrogens is 1. The molecule has 1 heterocycles. The van der Waals surface area contributed by atoms with E-state index in [2.05, 4.69) is 21.0 Å². The van der Waals surface area contributed by atoms with Crippen molar-refractivity contribution in [2.75, 3.05) is 0 Å². The van der Waals surface area contributed by atoms with Gasteiger partial charge in [-0.3, -0.25) is 0 Å². The van der Waals surface area contributed by atoms with Gasteiger partial charge in [-0.25, -0.2) is 9.78 Å². The molecular weight excluding hydrogens is 279 g/mol. The number of rotatable bonds is 2. The molecule has 0 amide bonds. The largest absolute Gasteiger partial charge is 0.338 e. The second-order valence-electron chi connectivity index (χ2n) is 3.10. The number of nitrogens with zero attached hydrogens (tertiary/aromatic N) is 1. The Morgan fingerprint density at radius 3 is 2.59 bits per heavy atom. The third-order valence-electron chi connectivity index (χ3n) is 2.02. The van der Waals surface area contributed by atoms with E-state index in [4.69, 9.17) is 0 Å². The van der Waals surface area contributed by atoms with Gasteiger partial charge in [0.2, 0.25) is 6.33 Å². The fourth-order valence-corrected chi connectivity index (χ4v) is 1.24. The van der Waals surface area contributed by atoms with E-state index >= 15 is 0 Å². The monoisotopic (exact) mass is 294 g/mol. The first-order valence-electron chi connectivity index (χ1n) is 5.08. The second-order valence-corrected chi connectivity index (χ2v) is 3.10. The molecule has 0 fully saturated rings. The number of aromatic amines is 1. The average Bonchev–Trinajstić information content (AvgIpc) is 2.93. The molecule has 0 aliphatic heterocycles. The molecule has 88 valence electrons. The molecule has 0 spiro atoms. The maximum atomic E-state index is 11.5. The molecule has 0 radical (unpaired) electrons. The molecule has 0 bridgehead atoms. The van der Waals surface area contributed by atoms with E-state index in [-0.39, 0.29) is 5.91 Å². The van der Waals surface area contributed by atoms with E-state index in [1.165, 1.54) is 4.57 Å². The predicted octanol–water partition coefficient (Wildman–Crippen LogP) is 1.86. The Bertz CT molecular complexity index is 463. The zero-order chi connectivity index (χ0) is 12.5. The summed E-state index contributed by atoms with van der Waals surface area (Å²) in [5.41, 5.74) is 1.02. The van der Waals surface area contributed by atoms with E-state index < -0.39 is 0 Å². The molecule has 0 saturated heterocycles. The zero-order valence-electron chi connectivity index (χ0n) is 9.54. The normalized spacial score (nSPS) is 9.76. The van der Waals surface area contributed by atoms with E-state index in [0.717, 1.165) is 5.56 Å². The van der Waals surface area contributed by atoms with Gasteiger partial charge in [-0.2, -0.15) is 4.57 Å². The Kier molecular flexibility index (Phi) is 6.00. The average molecular weight is 293 g/mol. The fraction of sp³-hybridized carbons (Fsp3) is 0.0769. The smallest absolute Gasteiger partial charge is 0.250 e. The minimum absolute atomic E-state index is 0.0693. The molecule has 0 aliphatic rings. The molecule has 0 unspecified atom stereocenters. The molecule has 4 heteroatoms. The van der Waals surface area contributed by atoms with Crippen LogP contribution >= 0.6 is 0 Å². The van der Waals surface area contributed by atoms with Gasteiger partial charge in [0.05, 0.1) is 0 Å². The van der Waals surface area contributed by atoms with Crippen LogP contribution in [0.3, 0.4) is 0 Å². The van der Waals surface area contributed by atoms with Gasteiger partial charge in [0.25, 0.3) is 0 Å². The van der Waals surface area contributed by atoms with Crippen LogP contribution in [0.2, 0.25) is 5.82 Å². The maximum absolute atomic E-state index is 11.5. The molecule has 3 nitrogen and oxygen atoms in total. The molecule has 1 N–H and O–H groups in total. The SMILES string of the molecule is C[Se-].O=C(/C=C/c1ccccc1)n1cc[nH+]c1. The van der Waals surface area contributed by atoms with Crippen molar-refractivity contribution in [3.63, 3.8) is 0 Å². The predicted molar refractivity (Wildman–Crippen MR) is 68.7 cm³/mol. The van der Waals surface area contributed by atoms with Crippen LogP contribution in [0.4, 0.5) is 0 Å². The second kappa shape index (κ2) is 7.60. The minimum atomic E-state index is -0.0693. The van der Waals surface area contributed by atoms with E-state index in [9.17, 15) is 4.79 Å². The molecule has 2 rings (SSSR count). The van der Waals surface area contributed by atoms with Crippen molar-refractivity contribution in [1.82, 2.24) is 4.57 Å². The minimum Gasteiger partial charge on any atom is -0.250 e. The number of nitrogens with one attached hydrogen (secondary N) is 1. The summed E-state index contributed by atoms with van der Waals surface area (Å²) in [4.78, 5) is 14.4. The third-order valence-corrected chi connectivity index (χ3v) is 2.02. The van der Waals surface area contributed by atoms with Crippen LogP contribution in [-0.4, -0.2) is 26.5 Å². The molecule has 0 atom stereocenters. The summed E-state index contributed by atoms with van der Waals surface area (Å²) in [6.45, 7) is 0. The van der Waals surface area contributed by atoms with Crippen molar-refractivity contribution in [2.45, 2.75) is 5.82 Å². The first-order valence-corrected chi connectivity index (χ1v) is 6.80. The van der Waals surface area contributed by atoms with E-state index in [1.807, 2.05) is 36.2 Å². The Hall–Kier alpha value is -1.64. The van der Waals surface area contributed by atoms with Gasteiger partial charge >= 0.3 is 27.7 Å². The van der Waals surface area contributed by atoms with Crippen LogP contribution in [-0.2, 0) is 0 Å². The first kappa shape index (κ1) is 13.4. The van der Waals surface area contributed by atoms with Gasteiger partial charge in [-0.05, 0) is 11.6 Å². The van der Waals surface area contributed by atoms with Crippen LogP contribution in [0.5, 0.6) is 0 Å².